The molecule has 0 aliphatic carbocycles. The van der Waals surface area contributed by atoms with Gasteiger partial charge in [-0.3, -0.25) is 14.6 Å². The third-order valence-corrected chi connectivity index (χ3v) is 6.98. The molecule has 2 aliphatic heterocycles. The maximum absolute atomic E-state index is 13.0. The SMILES string of the molecule is CNc1nc(C2CCCN2C(=O)[C@H](O)[C@@H](O)C(=O)N[C@H](C)c2ccc(N3C=CCN3)cc2)cs1. The van der Waals surface area contributed by atoms with Gasteiger partial charge >= 0.3 is 0 Å². The summed E-state index contributed by atoms with van der Waals surface area (Å²) in [6, 6.07) is 6.89. The number of rotatable bonds is 8. The first-order valence-electron chi connectivity index (χ1n) is 11.3. The van der Waals surface area contributed by atoms with Crippen LogP contribution in [-0.4, -0.2) is 64.3 Å². The second-order valence-corrected chi connectivity index (χ2v) is 9.20. The summed E-state index contributed by atoms with van der Waals surface area (Å²) in [7, 11) is 1.77. The largest absolute Gasteiger partial charge is 0.380 e. The first-order valence-corrected chi connectivity index (χ1v) is 12.2. The van der Waals surface area contributed by atoms with Crippen molar-refractivity contribution in [2.24, 2.45) is 0 Å². The third kappa shape index (κ3) is 5.07. The number of hydrazine groups is 1. The molecule has 0 saturated carbocycles. The van der Waals surface area contributed by atoms with Gasteiger partial charge < -0.3 is 25.7 Å². The van der Waals surface area contributed by atoms with Gasteiger partial charge in [0.25, 0.3) is 11.8 Å². The minimum absolute atomic E-state index is 0.284. The molecule has 10 nitrogen and oxygen atoms in total. The van der Waals surface area contributed by atoms with Gasteiger partial charge in [-0.15, -0.1) is 11.3 Å². The number of carbonyl (C=O) groups is 2. The van der Waals surface area contributed by atoms with E-state index in [0.717, 1.165) is 35.0 Å². The van der Waals surface area contributed by atoms with Gasteiger partial charge in [0.15, 0.2) is 17.3 Å². The molecule has 3 heterocycles. The predicted molar refractivity (Wildman–Crippen MR) is 130 cm³/mol. The standard InChI is InChI=1S/C23H30N6O4S/c1-14(15-6-8-16(9-7-15)29-12-4-10-25-29)26-21(32)19(30)20(31)22(33)28-11-3-5-18(28)17-13-34-23(24-2)27-17/h4,6-9,12-14,18-20,25,30-31H,3,5,10-11H2,1-2H3,(H,24,27)(H,26,32)/t14-,18?,19-,20-/m1/s1. The van der Waals surface area contributed by atoms with Crippen molar-refractivity contribution in [2.75, 3.05) is 30.5 Å². The van der Waals surface area contributed by atoms with Crippen LogP contribution in [0, 0.1) is 0 Å². The molecule has 34 heavy (non-hydrogen) atoms. The number of hydrogen-bond acceptors (Lipinski definition) is 9. The Morgan fingerprint density at radius 1 is 1.24 bits per heavy atom. The Morgan fingerprint density at radius 3 is 2.65 bits per heavy atom. The van der Waals surface area contributed by atoms with Crippen molar-refractivity contribution in [3.05, 3.63) is 53.2 Å². The first-order chi connectivity index (χ1) is 16.4. The van der Waals surface area contributed by atoms with E-state index in [2.05, 4.69) is 21.0 Å². The highest BCUT2D eigenvalue weighted by atomic mass is 32.1. The van der Waals surface area contributed by atoms with E-state index in [0.29, 0.717) is 13.0 Å². The summed E-state index contributed by atoms with van der Waals surface area (Å²) in [6.45, 7) is 2.98. The van der Waals surface area contributed by atoms with E-state index in [-0.39, 0.29) is 6.04 Å². The number of anilines is 2. The fourth-order valence-electron chi connectivity index (χ4n) is 4.19. The lowest BCUT2D eigenvalue weighted by molar-refractivity contribution is -0.154. The predicted octanol–water partition coefficient (Wildman–Crippen LogP) is 1.29. The minimum atomic E-state index is -1.88. The zero-order valence-electron chi connectivity index (χ0n) is 19.1. The summed E-state index contributed by atoms with van der Waals surface area (Å²) in [5, 5.41) is 31.1. The molecule has 1 fully saturated rings. The number of likely N-dealkylation sites (tertiary alicyclic amines) is 1. The van der Waals surface area contributed by atoms with Crippen LogP contribution in [0.2, 0.25) is 0 Å². The van der Waals surface area contributed by atoms with Gasteiger partial charge in [0.2, 0.25) is 0 Å². The zero-order valence-corrected chi connectivity index (χ0v) is 20.0. The lowest BCUT2D eigenvalue weighted by Gasteiger charge is -2.28. The highest BCUT2D eigenvalue weighted by Crippen LogP contribution is 2.34. The lowest BCUT2D eigenvalue weighted by Crippen LogP contribution is -2.51. The van der Waals surface area contributed by atoms with Crippen LogP contribution in [0.25, 0.3) is 0 Å². The van der Waals surface area contributed by atoms with Crippen molar-refractivity contribution in [3.8, 4) is 0 Å². The number of nitrogens with zero attached hydrogens (tertiary/aromatic N) is 3. The van der Waals surface area contributed by atoms with E-state index >= 15 is 0 Å². The summed E-state index contributed by atoms with van der Waals surface area (Å²) >= 11 is 1.44. The van der Waals surface area contributed by atoms with E-state index in [9.17, 15) is 19.8 Å². The van der Waals surface area contributed by atoms with Gasteiger partial charge in [0.05, 0.1) is 23.5 Å². The summed E-state index contributed by atoms with van der Waals surface area (Å²) in [6.07, 6.45) is 1.68. The molecule has 2 amide bonds. The van der Waals surface area contributed by atoms with Crippen molar-refractivity contribution in [3.63, 3.8) is 0 Å². The molecule has 1 aromatic heterocycles. The van der Waals surface area contributed by atoms with Crippen LogP contribution in [0.3, 0.4) is 0 Å². The van der Waals surface area contributed by atoms with Gasteiger partial charge in [0, 0.05) is 31.7 Å². The molecule has 182 valence electrons. The quantitative estimate of drug-likeness (QED) is 0.377. The van der Waals surface area contributed by atoms with Gasteiger partial charge in [-0.1, -0.05) is 18.2 Å². The number of benzene rings is 1. The second-order valence-electron chi connectivity index (χ2n) is 8.35. The van der Waals surface area contributed by atoms with Gasteiger partial charge in [-0.2, -0.15) is 0 Å². The number of amides is 2. The van der Waals surface area contributed by atoms with E-state index in [4.69, 9.17) is 0 Å². The summed E-state index contributed by atoms with van der Waals surface area (Å²) in [5.41, 5.74) is 5.71. The van der Waals surface area contributed by atoms with E-state index in [1.54, 1.807) is 14.0 Å². The summed E-state index contributed by atoms with van der Waals surface area (Å²) < 4.78 is 0. The van der Waals surface area contributed by atoms with Crippen molar-refractivity contribution in [1.82, 2.24) is 20.6 Å². The van der Waals surface area contributed by atoms with Crippen LogP contribution in [-0.2, 0) is 9.59 Å². The smallest absolute Gasteiger partial charge is 0.255 e. The van der Waals surface area contributed by atoms with Crippen LogP contribution >= 0.6 is 11.3 Å². The molecule has 0 bridgehead atoms. The molecule has 11 heteroatoms. The zero-order chi connectivity index (χ0) is 24.2. The average Bonchev–Trinajstić information content (AvgIpc) is 3.63. The van der Waals surface area contributed by atoms with Crippen LogP contribution in [0.1, 0.15) is 43.1 Å². The molecule has 4 rings (SSSR count). The van der Waals surface area contributed by atoms with Gasteiger partial charge in [0.1, 0.15) is 0 Å². The molecule has 1 unspecified atom stereocenters. The van der Waals surface area contributed by atoms with Gasteiger partial charge in [-0.05, 0) is 37.5 Å². The first kappa shape index (κ1) is 24.1. The normalized spacial score (nSPS) is 20.3. The Labute approximate surface area is 202 Å². The Morgan fingerprint density at radius 2 is 2.00 bits per heavy atom. The fraction of sp³-hybridized carbons (Fsp3) is 0.435. The van der Waals surface area contributed by atoms with Gasteiger partial charge in [-0.25, -0.2) is 10.4 Å². The molecule has 5 N–H and O–H groups in total. The molecule has 2 aliphatic rings. The highest BCUT2D eigenvalue weighted by Gasteiger charge is 2.39. The van der Waals surface area contributed by atoms with Crippen LogP contribution in [0.15, 0.2) is 41.9 Å². The molecular formula is C23H30N6O4S. The molecule has 4 atom stereocenters. The van der Waals surface area contributed by atoms with Crippen molar-refractivity contribution >= 4 is 34.0 Å². The Bertz CT molecular complexity index is 1040. The van der Waals surface area contributed by atoms with E-state index in [1.165, 1.54) is 16.2 Å². The maximum Gasteiger partial charge on any atom is 0.255 e. The summed E-state index contributed by atoms with van der Waals surface area (Å²) in [4.78, 5) is 31.5. The number of aromatic nitrogens is 1. The average molecular weight is 487 g/mol. The number of carbonyl (C=O) groups excluding carboxylic acids is 2. The number of thiazole rings is 1. The molecule has 2 aromatic rings. The Kier molecular flexibility index (Phi) is 7.47. The van der Waals surface area contributed by atoms with Crippen molar-refractivity contribution < 1.29 is 19.8 Å². The lowest BCUT2D eigenvalue weighted by atomic mass is 10.1. The third-order valence-electron chi connectivity index (χ3n) is 6.10. The summed E-state index contributed by atoms with van der Waals surface area (Å²) in [5.74, 6) is -1.48. The van der Waals surface area contributed by atoms with Crippen molar-refractivity contribution in [1.29, 1.82) is 0 Å². The van der Waals surface area contributed by atoms with Crippen LogP contribution in [0.4, 0.5) is 10.8 Å². The van der Waals surface area contributed by atoms with E-state index < -0.39 is 30.1 Å². The fourth-order valence-corrected chi connectivity index (χ4v) is 4.90. The molecule has 0 radical (unpaired) electrons. The Balaban J connectivity index is 1.35. The topological polar surface area (TPSA) is 130 Å². The minimum Gasteiger partial charge on any atom is -0.380 e. The monoisotopic (exact) mass is 486 g/mol. The van der Waals surface area contributed by atoms with Crippen LogP contribution in [0.5, 0.6) is 0 Å². The Hall–Kier alpha value is -2.99. The van der Waals surface area contributed by atoms with Crippen LogP contribution < -0.4 is 21.1 Å². The number of aliphatic hydroxyl groups is 2. The maximum atomic E-state index is 13.0. The molecular weight excluding hydrogens is 456 g/mol. The second kappa shape index (κ2) is 10.5. The van der Waals surface area contributed by atoms with E-state index in [1.807, 2.05) is 46.9 Å². The number of aliphatic hydroxyl groups excluding tert-OH is 2. The number of nitrogens with one attached hydrogen (secondary N) is 3. The molecule has 1 saturated heterocycles. The highest BCUT2D eigenvalue weighted by molar-refractivity contribution is 7.13. The molecule has 0 spiro atoms. The van der Waals surface area contributed by atoms with Crippen molar-refractivity contribution in [2.45, 2.75) is 44.1 Å². The number of hydrogen-bond donors (Lipinski definition) is 5. The molecule has 1 aromatic carbocycles.